The molecule has 0 heterocycles. The quantitative estimate of drug-likeness (QED) is 0.0128. The Morgan fingerprint density at radius 3 is 1.18 bits per heavy atom. The van der Waals surface area contributed by atoms with Crippen LogP contribution < -0.4 is 76.9 Å². The third-order valence-electron chi connectivity index (χ3n) is 12.4. The average molecular weight is 1220 g/mol. The number of benzene rings is 2. The number of guanidine groups is 2. The topological polar surface area (TPSA) is 563 Å². The molecule has 0 unspecified atom stereocenters. The molecule has 0 spiro atoms. The number of carboxylic acid groups (broad SMARTS) is 4. The maximum absolute atomic E-state index is 14.2. The van der Waals surface area contributed by atoms with Gasteiger partial charge in [-0.25, -0.2) is 4.79 Å². The van der Waals surface area contributed by atoms with Crippen LogP contribution in [0.5, 0.6) is 0 Å². The summed E-state index contributed by atoms with van der Waals surface area (Å²) in [6.45, 7) is 0.0515. The maximum Gasteiger partial charge on any atom is 0.326 e. The van der Waals surface area contributed by atoms with Crippen LogP contribution in [0.2, 0.25) is 0 Å². The summed E-state index contributed by atoms with van der Waals surface area (Å²) in [6, 6.07) is 2.03. The third kappa shape index (κ3) is 29.1. The van der Waals surface area contributed by atoms with E-state index in [4.69, 9.17) is 34.4 Å². The van der Waals surface area contributed by atoms with Crippen molar-refractivity contribution >= 4 is 95.7 Å². The van der Waals surface area contributed by atoms with Gasteiger partial charge < -0.3 is 97.4 Å². The standard InChI is InChI=1S/C52H78N16O16S/c53-20-8-7-15-31(63-47(80)35(23-28-11-3-1-4-12-28)65-42(75)30(54)25-40(71)72)44(77)66-36(26-41(73)74)48(81)68-38(27-85)49(82)64-34(18-19-39(69)70)46(79)62-32(16-9-21-59-51(55)56)43(76)61-33(17-10-22-60-52(57)58)45(78)67-37(50(83)84)24-29-13-5-2-6-14-29/h1-6,11-14,30-38,85H,7-10,15-27,53-54H2,(H,61,76)(H,62,79)(H,63,80)(H,64,82)(H,65,75)(H,66,77)(H,67,78)(H,68,81)(H,69,70)(H,71,72)(H,73,74)(H,83,84)(H4,55,56,59)(H4,57,58,60)/t30-,31-,32-,33-,34-,35-,36-,37-,38-/m0/s1. The van der Waals surface area contributed by atoms with Gasteiger partial charge in [-0.15, -0.1) is 0 Å². The number of amides is 8. The summed E-state index contributed by atoms with van der Waals surface area (Å²) >= 11 is 4.15. The number of rotatable bonds is 41. The number of carbonyl (C=O) groups excluding carboxylic acids is 8. The van der Waals surface area contributed by atoms with Crippen molar-refractivity contribution in [3.05, 3.63) is 71.8 Å². The number of hydrogen-bond donors (Lipinski definition) is 19. The van der Waals surface area contributed by atoms with Crippen LogP contribution in [0, 0.1) is 0 Å². The molecular formula is C52H78N16O16S. The monoisotopic (exact) mass is 1210 g/mol. The molecule has 2 rings (SSSR count). The first kappa shape index (κ1) is 72.0. The first-order valence-corrected chi connectivity index (χ1v) is 27.4. The Morgan fingerprint density at radius 1 is 0.424 bits per heavy atom. The van der Waals surface area contributed by atoms with Gasteiger partial charge in [0, 0.05) is 38.1 Å². The molecule has 0 aliphatic heterocycles. The molecule has 0 radical (unpaired) electrons. The molecule has 2 aromatic rings. The minimum Gasteiger partial charge on any atom is -0.481 e. The predicted molar refractivity (Wildman–Crippen MR) is 309 cm³/mol. The number of thiol groups is 1. The highest BCUT2D eigenvalue weighted by Crippen LogP contribution is 2.12. The number of nitrogens with two attached hydrogens (primary N) is 6. The lowest BCUT2D eigenvalue weighted by Crippen LogP contribution is -2.61. The zero-order chi connectivity index (χ0) is 63.6. The van der Waals surface area contributed by atoms with E-state index in [1.54, 1.807) is 60.7 Å². The van der Waals surface area contributed by atoms with Gasteiger partial charge in [0.25, 0.3) is 0 Å². The summed E-state index contributed by atoms with van der Waals surface area (Å²) in [6.07, 6.45) is -3.51. The van der Waals surface area contributed by atoms with Gasteiger partial charge in [-0.1, -0.05) is 60.7 Å². The second-order valence-corrected chi connectivity index (χ2v) is 19.7. The molecule has 8 amide bonds. The highest BCUT2D eigenvalue weighted by atomic mass is 32.1. The van der Waals surface area contributed by atoms with Crippen molar-refractivity contribution in [1.29, 1.82) is 0 Å². The molecule has 85 heavy (non-hydrogen) atoms. The molecule has 33 heteroatoms. The van der Waals surface area contributed by atoms with Crippen LogP contribution in [-0.4, -0.2) is 183 Å². The Bertz CT molecular complexity index is 2650. The van der Waals surface area contributed by atoms with Gasteiger partial charge in [-0.2, -0.15) is 12.6 Å². The van der Waals surface area contributed by atoms with Crippen molar-refractivity contribution in [3.63, 3.8) is 0 Å². The second kappa shape index (κ2) is 38.6. The first-order chi connectivity index (χ1) is 40.2. The molecule has 0 aliphatic rings. The normalized spacial score (nSPS) is 14.0. The highest BCUT2D eigenvalue weighted by molar-refractivity contribution is 7.80. The van der Waals surface area contributed by atoms with Gasteiger partial charge in [0.2, 0.25) is 47.3 Å². The largest absolute Gasteiger partial charge is 0.481 e. The van der Waals surface area contributed by atoms with E-state index in [0.29, 0.717) is 17.5 Å². The fourth-order valence-electron chi connectivity index (χ4n) is 8.00. The van der Waals surface area contributed by atoms with Crippen LogP contribution >= 0.6 is 12.6 Å². The smallest absolute Gasteiger partial charge is 0.326 e. The molecule has 0 saturated carbocycles. The predicted octanol–water partition coefficient (Wildman–Crippen LogP) is -5.26. The number of nitrogens with zero attached hydrogens (tertiary/aromatic N) is 2. The molecule has 24 N–H and O–H groups in total. The first-order valence-electron chi connectivity index (χ1n) is 26.8. The van der Waals surface area contributed by atoms with Crippen molar-refractivity contribution in [3.8, 4) is 0 Å². The molecule has 2 aromatic carbocycles. The van der Waals surface area contributed by atoms with Crippen molar-refractivity contribution < 1.29 is 78.0 Å². The Labute approximate surface area is 494 Å². The number of unbranched alkanes of at least 4 members (excludes halogenated alkanes) is 1. The van der Waals surface area contributed by atoms with Crippen LogP contribution in [-0.2, 0) is 70.4 Å². The molecule has 0 saturated heterocycles. The van der Waals surface area contributed by atoms with Crippen molar-refractivity contribution in [2.45, 2.75) is 138 Å². The Morgan fingerprint density at radius 2 is 0.776 bits per heavy atom. The average Bonchev–Trinajstić information content (AvgIpc) is 3.55. The van der Waals surface area contributed by atoms with Crippen LogP contribution in [0.1, 0.15) is 81.8 Å². The molecule has 32 nitrogen and oxygen atoms in total. The molecule has 0 aliphatic carbocycles. The van der Waals surface area contributed by atoms with E-state index in [2.05, 4.69) is 65.1 Å². The summed E-state index contributed by atoms with van der Waals surface area (Å²) < 4.78 is 0. The Kier molecular flexibility index (Phi) is 32.7. The Hall–Kier alpha value is -9.11. The SMILES string of the molecule is NCCCC[C@H](NC(=O)[C@H](Cc1ccccc1)NC(=O)[C@@H](N)CC(=O)O)C(=O)N[C@@H](CC(=O)O)C(=O)N[C@@H](CS)C(=O)N[C@@H](CCC(=O)O)C(=O)N[C@@H](CCCN=C(N)N)C(=O)N[C@@H](CCCN=C(N)N)C(=O)N[C@@H](Cc1ccccc1)C(=O)O. The fraction of sp³-hybridized carbons (Fsp3) is 0.500. The number of carbonyl (C=O) groups is 12. The lowest BCUT2D eigenvalue weighted by atomic mass is 10.0. The molecule has 0 fully saturated rings. The number of nitrogens with one attached hydrogen (secondary N) is 8. The summed E-state index contributed by atoms with van der Waals surface area (Å²) in [4.78, 5) is 166. The number of carboxylic acids is 4. The van der Waals surface area contributed by atoms with E-state index < -0.39 is 157 Å². The van der Waals surface area contributed by atoms with Gasteiger partial charge in [0.1, 0.15) is 48.3 Å². The second-order valence-electron chi connectivity index (χ2n) is 19.3. The fourth-order valence-corrected chi connectivity index (χ4v) is 8.25. The van der Waals surface area contributed by atoms with Crippen molar-refractivity contribution in [2.24, 2.45) is 44.4 Å². The van der Waals surface area contributed by atoms with Gasteiger partial charge >= 0.3 is 23.9 Å². The van der Waals surface area contributed by atoms with E-state index in [9.17, 15) is 78.0 Å². The Balaban J connectivity index is 2.46. The van der Waals surface area contributed by atoms with Crippen LogP contribution in [0.25, 0.3) is 0 Å². The highest BCUT2D eigenvalue weighted by Gasteiger charge is 2.36. The van der Waals surface area contributed by atoms with E-state index in [0.717, 1.165) is 0 Å². The lowest BCUT2D eigenvalue weighted by molar-refractivity contribution is -0.142. The molecule has 0 aromatic heterocycles. The maximum atomic E-state index is 14.2. The van der Waals surface area contributed by atoms with E-state index in [1.165, 1.54) is 0 Å². The summed E-state index contributed by atoms with van der Waals surface area (Å²) in [5.41, 5.74) is 34.4. The molecular weight excluding hydrogens is 1140 g/mol. The van der Waals surface area contributed by atoms with Crippen molar-refractivity contribution in [2.75, 3.05) is 25.4 Å². The lowest BCUT2D eigenvalue weighted by Gasteiger charge is -2.27. The summed E-state index contributed by atoms with van der Waals surface area (Å²) in [5.74, 6) is -15.6. The van der Waals surface area contributed by atoms with E-state index in [-0.39, 0.29) is 82.9 Å². The molecule has 0 bridgehead atoms. The van der Waals surface area contributed by atoms with Crippen LogP contribution in [0.4, 0.5) is 0 Å². The van der Waals surface area contributed by atoms with Gasteiger partial charge in [-0.05, 0) is 69.0 Å². The number of aliphatic imine (C=N–C) groups is 2. The van der Waals surface area contributed by atoms with Gasteiger partial charge in [0.15, 0.2) is 11.9 Å². The van der Waals surface area contributed by atoms with Crippen LogP contribution in [0.3, 0.4) is 0 Å². The summed E-state index contributed by atoms with van der Waals surface area (Å²) in [7, 11) is 0. The summed E-state index contributed by atoms with van der Waals surface area (Å²) in [5, 5.41) is 57.8. The number of aliphatic carboxylic acids is 4. The molecule has 9 atom stereocenters. The van der Waals surface area contributed by atoms with Crippen molar-refractivity contribution in [1.82, 2.24) is 42.5 Å². The zero-order valence-electron chi connectivity index (χ0n) is 46.5. The minimum atomic E-state index is -1.97. The van der Waals surface area contributed by atoms with E-state index in [1.807, 2.05) is 0 Å². The molecule has 468 valence electrons. The van der Waals surface area contributed by atoms with Gasteiger partial charge in [-0.3, -0.25) is 62.7 Å². The van der Waals surface area contributed by atoms with Gasteiger partial charge in [0.05, 0.1) is 18.9 Å². The van der Waals surface area contributed by atoms with Crippen LogP contribution in [0.15, 0.2) is 70.6 Å². The number of hydrogen-bond acceptors (Lipinski definition) is 17. The van der Waals surface area contributed by atoms with E-state index >= 15 is 0 Å². The zero-order valence-corrected chi connectivity index (χ0v) is 47.4. The minimum absolute atomic E-state index is 0.00289. The third-order valence-corrected chi connectivity index (χ3v) is 12.8.